The molecule has 21 heavy (non-hydrogen) atoms. The second kappa shape index (κ2) is 6.65. The van der Waals surface area contributed by atoms with Crippen molar-refractivity contribution in [2.24, 2.45) is 10.9 Å². The van der Waals surface area contributed by atoms with Gasteiger partial charge in [-0.25, -0.2) is 4.39 Å². The lowest BCUT2D eigenvalue weighted by Gasteiger charge is -2.09. The molecule has 7 heteroatoms. The monoisotopic (exact) mass is 328 g/mol. The molecule has 4 nitrogen and oxygen atoms in total. The highest BCUT2D eigenvalue weighted by Crippen LogP contribution is 2.24. The quantitative estimate of drug-likeness (QED) is 0.388. The van der Waals surface area contributed by atoms with Crippen molar-refractivity contribution in [2.45, 2.75) is 6.61 Å². The van der Waals surface area contributed by atoms with Crippen LogP contribution in [0.5, 0.6) is 5.75 Å². The average molecular weight is 329 g/mol. The van der Waals surface area contributed by atoms with Crippen LogP contribution in [-0.2, 0) is 6.61 Å². The molecule has 2 aromatic carbocycles. The Hall–Kier alpha value is -1.98. The van der Waals surface area contributed by atoms with E-state index < -0.39 is 5.82 Å². The first kappa shape index (κ1) is 15.4. The molecular weight excluding hydrogens is 318 g/mol. The number of amidine groups is 1. The first-order valence-electron chi connectivity index (χ1n) is 5.85. The lowest BCUT2D eigenvalue weighted by molar-refractivity contribution is 0.305. The van der Waals surface area contributed by atoms with E-state index in [1.807, 2.05) is 0 Å². The van der Waals surface area contributed by atoms with E-state index in [9.17, 15) is 4.39 Å². The minimum Gasteiger partial charge on any atom is -0.489 e. The molecule has 0 aromatic heterocycles. The first-order chi connectivity index (χ1) is 10.0. The number of nitrogens with zero attached hydrogens (tertiary/aromatic N) is 1. The molecule has 2 rings (SSSR count). The van der Waals surface area contributed by atoms with Gasteiger partial charge in [0.05, 0.1) is 10.0 Å². The second-order valence-electron chi connectivity index (χ2n) is 4.16. The molecule has 0 spiro atoms. The third kappa shape index (κ3) is 3.77. The smallest absolute Gasteiger partial charge is 0.171 e. The van der Waals surface area contributed by atoms with Gasteiger partial charge in [-0.2, -0.15) is 0 Å². The maximum absolute atomic E-state index is 13.3. The highest BCUT2D eigenvalue weighted by Gasteiger charge is 2.07. The number of rotatable bonds is 4. The number of nitrogens with two attached hydrogens (primary N) is 1. The molecule has 0 amide bonds. The Balaban J connectivity index is 2.10. The fraction of sp³-hybridized carbons (Fsp3) is 0.0714. The molecule has 0 saturated heterocycles. The maximum Gasteiger partial charge on any atom is 0.171 e. The van der Waals surface area contributed by atoms with Crippen molar-refractivity contribution in [3.63, 3.8) is 0 Å². The van der Waals surface area contributed by atoms with Gasteiger partial charge in [-0.1, -0.05) is 34.4 Å². The highest BCUT2D eigenvalue weighted by molar-refractivity contribution is 6.34. The highest BCUT2D eigenvalue weighted by atomic mass is 35.5. The van der Waals surface area contributed by atoms with E-state index >= 15 is 0 Å². The predicted octanol–water partition coefficient (Wildman–Crippen LogP) is 3.81. The van der Waals surface area contributed by atoms with Gasteiger partial charge in [0.2, 0.25) is 0 Å². The van der Waals surface area contributed by atoms with Crippen molar-refractivity contribution < 1.29 is 14.3 Å². The largest absolute Gasteiger partial charge is 0.489 e. The predicted molar refractivity (Wildman–Crippen MR) is 79.7 cm³/mol. The maximum atomic E-state index is 13.3. The Morgan fingerprint density at radius 1 is 1.19 bits per heavy atom. The first-order valence-corrected chi connectivity index (χ1v) is 6.61. The van der Waals surface area contributed by atoms with Gasteiger partial charge >= 0.3 is 0 Å². The fourth-order valence-corrected chi connectivity index (χ4v) is 2.03. The van der Waals surface area contributed by atoms with Crippen LogP contribution in [0.2, 0.25) is 10.0 Å². The zero-order valence-corrected chi connectivity index (χ0v) is 12.2. The molecule has 0 atom stereocenters. The fourth-order valence-electron chi connectivity index (χ4n) is 1.64. The van der Waals surface area contributed by atoms with Crippen molar-refractivity contribution in [3.05, 3.63) is 63.4 Å². The number of halogens is 3. The lowest BCUT2D eigenvalue weighted by Crippen LogP contribution is -2.13. The van der Waals surface area contributed by atoms with E-state index in [4.69, 9.17) is 38.9 Å². The minimum atomic E-state index is -0.502. The summed E-state index contributed by atoms with van der Waals surface area (Å²) >= 11 is 11.6. The molecule has 0 radical (unpaired) electrons. The Labute approximate surface area is 130 Å². The Morgan fingerprint density at radius 2 is 1.95 bits per heavy atom. The number of ether oxygens (including phenoxy) is 1. The van der Waals surface area contributed by atoms with Crippen LogP contribution in [0, 0.1) is 5.82 Å². The summed E-state index contributed by atoms with van der Waals surface area (Å²) in [5.74, 6) is -0.116. The van der Waals surface area contributed by atoms with Gasteiger partial charge in [-0.05, 0) is 35.9 Å². The summed E-state index contributed by atoms with van der Waals surface area (Å²) in [6.07, 6.45) is 0. The van der Waals surface area contributed by atoms with Gasteiger partial charge in [0.1, 0.15) is 18.2 Å². The third-order valence-electron chi connectivity index (χ3n) is 2.71. The van der Waals surface area contributed by atoms with E-state index in [2.05, 4.69) is 5.16 Å². The van der Waals surface area contributed by atoms with Gasteiger partial charge in [0.15, 0.2) is 5.84 Å². The van der Waals surface area contributed by atoms with E-state index in [1.165, 1.54) is 18.2 Å². The van der Waals surface area contributed by atoms with Crippen LogP contribution in [0.3, 0.4) is 0 Å². The van der Waals surface area contributed by atoms with Gasteiger partial charge in [-0.15, -0.1) is 0 Å². The molecule has 0 bridgehead atoms. The number of oxime groups is 1. The molecule has 0 heterocycles. The van der Waals surface area contributed by atoms with Gasteiger partial charge in [-0.3, -0.25) is 0 Å². The van der Waals surface area contributed by atoms with Crippen LogP contribution in [0.4, 0.5) is 4.39 Å². The van der Waals surface area contributed by atoms with Crippen molar-refractivity contribution >= 4 is 29.0 Å². The van der Waals surface area contributed by atoms with Gasteiger partial charge < -0.3 is 15.7 Å². The molecule has 0 aliphatic rings. The summed E-state index contributed by atoms with van der Waals surface area (Å²) in [5, 5.41) is 11.8. The third-order valence-corrected chi connectivity index (χ3v) is 3.33. The Morgan fingerprint density at radius 3 is 2.57 bits per heavy atom. The molecule has 110 valence electrons. The van der Waals surface area contributed by atoms with E-state index in [-0.39, 0.29) is 22.5 Å². The second-order valence-corrected chi connectivity index (χ2v) is 4.98. The van der Waals surface area contributed by atoms with Crippen molar-refractivity contribution in [2.75, 3.05) is 0 Å². The molecule has 0 fully saturated rings. The van der Waals surface area contributed by atoms with Crippen LogP contribution in [0.15, 0.2) is 41.6 Å². The van der Waals surface area contributed by atoms with E-state index in [0.717, 1.165) is 0 Å². The van der Waals surface area contributed by atoms with Crippen molar-refractivity contribution in [1.29, 1.82) is 0 Å². The standard InChI is InChI=1S/C14H11Cl2FN2O2/c15-11-4-1-8(5-13(11)17)7-21-9-2-3-10(12(16)6-9)14(18)19-20/h1-6,20H,7H2,(H2,18,19). The van der Waals surface area contributed by atoms with Crippen LogP contribution < -0.4 is 10.5 Å². The van der Waals surface area contributed by atoms with E-state index in [0.29, 0.717) is 16.9 Å². The average Bonchev–Trinajstić information content (AvgIpc) is 2.48. The topological polar surface area (TPSA) is 67.8 Å². The Bertz CT molecular complexity index is 693. The summed E-state index contributed by atoms with van der Waals surface area (Å²) in [6, 6.07) is 9.14. The molecule has 0 unspecified atom stereocenters. The number of hydrogen-bond acceptors (Lipinski definition) is 3. The summed E-state index contributed by atoms with van der Waals surface area (Å²) < 4.78 is 18.8. The molecule has 0 aliphatic heterocycles. The van der Waals surface area contributed by atoms with Crippen LogP contribution in [0.1, 0.15) is 11.1 Å². The molecule has 0 saturated carbocycles. The summed E-state index contributed by atoms with van der Waals surface area (Å²) in [4.78, 5) is 0. The van der Waals surface area contributed by atoms with Crippen LogP contribution >= 0.6 is 23.2 Å². The molecule has 2 aromatic rings. The lowest BCUT2D eigenvalue weighted by atomic mass is 10.2. The zero-order chi connectivity index (χ0) is 15.4. The minimum absolute atomic E-state index is 0.0601. The Kier molecular flexibility index (Phi) is 4.88. The number of benzene rings is 2. The zero-order valence-electron chi connectivity index (χ0n) is 10.7. The molecule has 0 aliphatic carbocycles. The normalized spacial score (nSPS) is 11.5. The summed E-state index contributed by atoms with van der Waals surface area (Å²) in [7, 11) is 0. The molecular formula is C14H11Cl2FN2O2. The van der Waals surface area contributed by atoms with Crippen LogP contribution in [-0.4, -0.2) is 11.0 Å². The molecule has 3 N–H and O–H groups in total. The van der Waals surface area contributed by atoms with Crippen LogP contribution in [0.25, 0.3) is 0 Å². The summed E-state index contributed by atoms with van der Waals surface area (Å²) in [5.41, 5.74) is 6.49. The number of hydrogen-bond donors (Lipinski definition) is 2. The van der Waals surface area contributed by atoms with E-state index in [1.54, 1.807) is 18.2 Å². The van der Waals surface area contributed by atoms with Crippen molar-refractivity contribution in [1.82, 2.24) is 0 Å². The SMILES string of the molecule is N/C(=N/O)c1ccc(OCc2ccc(Cl)c(F)c2)cc1Cl. The van der Waals surface area contributed by atoms with Gasteiger partial charge in [0, 0.05) is 5.56 Å². The van der Waals surface area contributed by atoms with Gasteiger partial charge in [0.25, 0.3) is 0 Å². The van der Waals surface area contributed by atoms with Crippen molar-refractivity contribution in [3.8, 4) is 5.75 Å². The summed E-state index contributed by atoms with van der Waals surface area (Å²) in [6.45, 7) is 0.160.